The van der Waals surface area contributed by atoms with Crippen LogP contribution in [0.1, 0.15) is 30.1 Å². The Labute approximate surface area is 184 Å². The normalized spacial score (nSPS) is 16.1. The molecule has 0 unspecified atom stereocenters. The molecular formula is C21H22ClN3O3S2. The number of carbonyl (C=O) groups is 1. The molecule has 4 rings (SSSR count). The van der Waals surface area contributed by atoms with Gasteiger partial charge < -0.3 is 5.32 Å². The van der Waals surface area contributed by atoms with E-state index in [1.807, 2.05) is 12.1 Å². The Balaban J connectivity index is 1.41. The number of thiazole rings is 1. The third-order valence-electron chi connectivity index (χ3n) is 5.31. The number of aromatic nitrogens is 1. The topological polar surface area (TPSA) is 79.4 Å². The summed E-state index contributed by atoms with van der Waals surface area (Å²) in [6, 6.07) is 11.6. The summed E-state index contributed by atoms with van der Waals surface area (Å²) in [5.41, 5.74) is 1.28. The Kier molecular flexibility index (Phi) is 6.11. The summed E-state index contributed by atoms with van der Waals surface area (Å²) in [4.78, 5) is 17.2. The van der Waals surface area contributed by atoms with Gasteiger partial charge in [0, 0.05) is 23.7 Å². The molecular weight excluding hydrogens is 442 g/mol. The van der Waals surface area contributed by atoms with Gasteiger partial charge in [-0.3, -0.25) is 4.79 Å². The number of rotatable bonds is 6. The molecule has 0 atom stereocenters. The van der Waals surface area contributed by atoms with Crippen LogP contribution in [0.4, 0.5) is 5.13 Å². The molecule has 30 heavy (non-hydrogen) atoms. The van der Waals surface area contributed by atoms with Gasteiger partial charge in [0.15, 0.2) is 10.9 Å². The van der Waals surface area contributed by atoms with Gasteiger partial charge in [-0.2, -0.15) is 4.31 Å². The highest BCUT2D eigenvalue weighted by molar-refractivity contribution is 7.89. The molecule has 0 radical (unpaired) electrons. The van der Waals surface area contributed by atoms with Gasteiger partial charge in [0.1, 0.15) is 0 Å². The minimum absolute atomic E-state index is 0.0731. The minimum atomic E-state index is -3.51. The molecule has 1 fully saturated rings. The van der Waals surface area contributed by atoms with Gasteiger partial charge in [-0.1, -0.05) is 29.9 Å². The molecule has 0 spiro atoms. The third kappa shape index (κ3) is 4.51. The Morgan fingerprint density at radius 3 is 2.60 bits per heavy atom. The molecule has 1 aromatic heterocycles. The maximum Gasteiger partial charge on any atom is 0.243 e. The first-order valence-corrected chi connectivity index (χ1v) is 12.4. The van der Waals surface area contributed by atoms with Gasteiger partial charge in [-0.05, 0) is 61.2 Å². The predicted molar refractivity (Wildman–Crippen MR) is 121 cm³/mol. The van der Waals surface area contributed by atoms with E-state index in [1.54, 1.807) is 18.2 Å². The van der Waals surface area contributed by atoms with Crippen molar-refractivity contribution in [2.24, 2.45) is 5.92 Å². The maximum absolute atomic E-state index is 12.8. The predicted octanol–water partition coefficient (Wildman–Crippen LogP) is 4.67. The summed E-state index contributed by atoms with van der Waals surface area (Å²) >= 11 is 7.42. The van der Waals surface area contributed by atoms with Crippen LogP contribution in [0.15, 0.2) is 47.4 Å². The molecule has 9 heteroatoms. The van der Waals surface area contributed by atoms with E-state index in [4.69, 9.17) is 11.6 Å². The van der Waals surface area contributed by atoms with Crippen molar-refractivity contribution in [2.45, 2.75) is 24.7 Å². The smallest absolute Gasteiger partial charge is 0.243 e. The lowest BCUT2D eigenvalue weighted by molar-refractivity contribution is 0.101. The minimum Gasteiger partial charge on any atom is -0.354 e. The zero-order valence-electron chi connectivity index (χ0n) is 16.5. The van der Waals surface area contributed by atoms with Crippen molar-refractivity contribution >= 4 is 54.1 Å². The summed E-state index contributed by atoms with van der Waals surface area (Å²) in [6.07, 6.45) is 1.75. The van der Waals surface area contributed by atoms with Crippen LogP contribution in [0, 0.1) is 5.92 Å². The number of halogens is 1. The number of benzene rings is 2. The number of hydrogen-bond acceptors (Lipinski definition) is 6. The lowest BCUT2D eigenvalue weighted by atomic mass is 10.0. The maximum atomic E-state index is 12.8. The zero-order chi connectivity index (χ0) is 21.3. The van der Waals surface area contributed by atoms with E-state index in [-0.39, 0.29) is 17.2 Å². The fourth-order valence-corrected chi connectivity index (χ4v) is 6.03. The largest absolute Gasteiger partial charge is 0.354 e. The number of piperidine rings is 1. The fraction of sp³-hybridized carbons (Fsp3) is 0.333. The monoisotopic (exact) mass is 463 g/mol. The number of nitrogens with one attached hydrogen (secondary N) is 1. The second-order valence-corrected chi connectivity index (χ2v) is 10.9. The van der Waals surface area contributed by atoms with Crippen LogP contribution in [0.5, 0.6) is 0 Å². The van der Waals surface area contributed by atoms with E-state index in [9.17, 15) is 13.2 Å². The Morgan fingerprint density at radius 1 is 1.20 bits per heavy atom. The molecule has 0 saturated carbocycles. The van der Waals surface area contributed by atoms with Gasteiger partial charge in [0.2, 0.25) is 10.0 Å². The van der Waals surface area contributed by atoms with Crippen LogP contribution in [0.25, 0.3) is 10.2 Å². The number of hydrogen-bond donors (Lipinski definition) is 1. The van der Waals surface area contributed by atoms with E-state index in [1.165, 1.54) is 27.8 Å². The summed E-state index contributed by atoms with van der Waals surface area (Å²) in [5, 5.41) is 4.32. The second-order valence-electron chi connectivity index (χ2n) is 7.52. The van der Waals surface area contributed by atoms with Gasteiger partial charge in [0.25, 0.3) is 0 Å². The van der Waals surface area contributed by atoms with Crippen molar-refractivity contribution in [2.75, 3.05) is 25.0 Å². The number of nitrogens with zero attached hydrogens (tertiary/aromatic N) is 2. The lowest BCUT2D eigenvalue weighted by Gasteiger charge is -2.29. The highest BCUT2D eigenvalue weighted by Gasteiger charge is 2.28. The molecule has 0 aliphatic carbocycles. The number of fused-ring (bicyclic) bond motifs is 1. The van der Waals surface area contributed by atoms with E-state index >= 15 is 0 Å². The molecule has 0 amide bonds. The highest BCUT2D eigenvalue weighted by Crippen LogP contribution is 2.28. The van der Waals surface area contributed by atoms with E-state index < -0.39 is 10.0 Å². The van der Waals surface area contributed by atoms with Crippen molar-refractivity contribution in [3.63, 3.8) is 0 Å². The third-order valence-corrected chi connectivity index (χ3v) is 8.43. The fourth-order valence-electron chi connectivity index (χ4n) is 3.42. The molecule has 1 aliphatic rings. The van der Waals surface area contributed by atoms with E-state index in [0.29, 0.717) is 34.7 Å². The van der Waals surface area contributed by atoms with Gasteiger partial charge in [-0.25, -0.2) is 13.4 Å². The number of sulfonamides is 1. The van der Waals surface area contributed by atoms with Crippen molar-refractivity contribution in [1.82, 2.24) is 9.29 Å². The van der Waals surface area contributed by atoms with Gasteiger partial charge >= 0.3 is 0 Å². The first-order chi connectivity index (χ1) is 14.3. The molecule has 6 nitrogen and oxygen atoms in total. The van der Waals surface area contributed by atoms with Crippen LogP contribution in [-0.4, -0.2) is 43.1 Å². The summed E-state index contributed by atoms with van der Waals surface area (Å²) in [6.45, 7) is 3.30. The number of anilines is 1. The highest BCUT2D eigenvalue weighted by atomic mass is 35.5. The molecule has 2 aromatic carbocycles. The van der Waals surface area contributed by atoms with Gasteiger partial charge in [0.05, 0.1) is 21.7 Å². The van der Waals surface area contributed by atoms with E-state index in [0.717, 1.165) is 23.1 Å². The molecule has 1 aliphatic heterocycles. The summed E-state index contributed by atoms with van der Waals surface area (Å²) < 4.78 is 28.1. The van der Waals surface area contributed by atoms with Crippen molar-refractivity contribution in [1.29, 1.82) is 0 Å². The first kappa shape index (κ1) is 21.2. The van der Waals surface area contributed by atoms with E-state index in [2.05, 4.69) is 17.2 Å². The Morgan fingerprint density at radius 2 is 1.90 bits per heavy atom. The quantitative estimate of drug-likeness (QED) is 0.537. The van der Waals surface area contributed by atoms with Crippen molar-refractivity contribution < 1.29 is 13.2 Å². The first-order valence-electron chi connectivity index (χ1n) is 9.76. The molecule has 1 N–H and O–H groups in total. The Bertz CT molecular complexity index is 1170. The molecule has 0 bridgehead atoms. The van der Waals surface area contributed by atoms with Crippen LogP contribution >= 0.6 is 22.9 Å². The zero-order valence-corrected chi connectivity index (χ0v) is 18.9. The molecule has 1 saturated heterocycles. The van der Waals surface area contributed by atoms with Crippen LogP contribution in [0.2, 0.25) is 5.02 Å². The summed E-state index contributed by atoms with van der Waals surface area (Å²) in [7, 11) is -3.51. The molecule has 2 heterocycles. The standard InChI is InChI=1S/C21H22ClN3O3S2/c1-14-8-10-25(11-9-14)30(27,28)17-5-2-15(3-6-17)19(26)13-23-21-24-18-7-4-16(22)12-20(18)29-21/h2-7,12,14H,8-11,13H2,1H3,(H,23,24). The summed E-state index contributed by atoms with van der Waals surface area (Å²) in [5.74, 6) is 0.416. The average Bonchev–Trinajstić information content (AvgIpc) is 3.14. The van der Waals surface area contributed by atoms with Crippen LogP contribution in [0.3, 0.4) is 0 Å². The number of Topliss-reactive ketones (excluding diaryl/α,β-unsaturated/α-hetero) is 1. The lowest BCUT2D eigenvalue weighted by Crippen LogP contribution is -2.37. The van der Waals surface area contributed by atoms with Gasteiger partial charge in [-0.15, -0.1) is 0 Å². The van der Waals surface area contributed by atoms with Crippen molar-refractivity contribution in [3.8, 4) is 0 Å². The molecule has 158 valence electrons. The second kappa shape index (κ2) is 8.63. The SMILES string of the molecule is CC1CCN(S(=O)(=O)c2ccc(C(=O)CNc3nc4ccc(Cl)cc4s3)cc2)CC1. The number of carbonyl (C=O) groups excluding carboxylic acids is 1. The Hall–Kier alpha value is -2.00. The van der Waals surface area contributed by atoms with Crippen LogP contribution < -0.4 is 5.32 Å². The van der Waals surface area contributed by atoms with Crippen molar-refractivity contribution in [3.05, 3.63) is 53.1 Å². The number of ketones is 1. The van der Waals surface area contributed by atoms with Crippen LogP contribution in [-0.2, 0) is 10.0 Å². The molecule has 3 aromatic rings. The average molecular weight is 464 g/mol.